The molecule has 0 spiro atoms. The van der Waals surface area contributed by atoms with Crippen molar-refractivity contribution in [2.45, 2.75) is 33.0 Å². The van der Waals surface area contributed by atoms with Gasteiger partial charge in [-0.25, -0.2) is 0 Å². The van der Waals surface area contributed by atoms with Crippen molar-refractivity contribution < 1.29 is 9.84 Å². The van der Waals surface area contributed by atoms with E-state index in [0.717, 1.165) is 43.0 Å². The predicted octanol–water partition coefficient (Wildman–Crippen LogP) is 3.26. The first-order chi connectivity index (χ1) is 10.3. The molecule has 0 aromatic heterocycles. The summed E-state index contributed by atoms with van der Waals surface area (Å²) in [6, 6.07) is 16.1. The average Bonchev–Trinajstić information content (AvgIpc) is 2.54. The van der Waals surface area contributed by atoms with Crippen LogP contribution in [0.3, 0.4) is 0 Å². The van der Waals surface area contributed by atoms with E-state index in [4.69, 9.17) is 4.74 Å². The molecule has 2 aromatic carbocycles. The Morgan fingerprint density at radius 3 is 2.57 bits per heavy atom. The number of nitrogens with one attached hydrogen (secondary N) is 1. The summed E-state index contributed by atoms with van der Waals surface area (Å²) in [6.07, 6.45) is 1.01. The van der Waals surface area contributed by atoms with Crippen LogP contribution in [-0.4, -0.2) is 11.7 Å². The average molecular weight is 285 g/mol. The number of aliphatic hydroxyl groups is 1. The molecule has 0 saturated heterocycles. The molecule has 2 rings (SSSR count). The Hall–Kier alpha value is -1.84. The minimum Gasteiger partial charge on any atom is -0.494 e. The first kappa shape index (κ1) is 15.5. The molecule has 0 amide bonds. The fourth-order valence-electron chi connectivity index (χ4n) is 2.19. The standard InChI is InChI=1S/C18H23NO2/c1-2-10-21-18-9-5-6-15(11-18)12-19-13-16-7-3-4-8-17(16)14-20/h3-9,11,19-20H,2,10,12-14H2,1H3. The zero-order valence-corrected chi connectivity index (χ0v) is 12.5. The smallest absolute Gasteiger partial charge is 0.119 e. The first-order valence-corrected chi connectivity index (χ1v) is 7.43. The van der Waals surface area contributed by atoms with Crippen molar-refractivity contribution in [3.63, 3.8) is 0 Å². The monoisotopic (exact) mass is 285 g/mol. The lowest BCUT2D eigenvalue weighted by atomic mass is 10.1. The lowest BCUT2D eigenvalue weighted by molar-refractivity contribution is 0.280. The van der Waals surface area contributed by atoms with E-state index in [1.54, 1.807) is 0 Å². The Labute approximate surface area is 126 Å². The highest BCUT2D eigenvalue weighted by Gasteiger charge is 2.01. The number of hydrogen-bond acceptors (Lipinski definition) is 3. The van der Waals surface area contributed by atoms with Gasteiger partial charge in [-0.05, 0) is 35.2 Å². The first-order valence-electron chi connectivity index (χ1n) is 7.43. The fraction of sp³-hybridized carbons (Fsp3) is 0.333. The zero-order valence-electron chi connectivity index (χ0n) is 12.5. The molecule has 0 saturated carbocycles. The molecule has 2 aromatic rings. The molecule has 0 radical (unpaired) electrons. The van der Waals surface area contributed by atoms with Gasteiger partial charge in [-0.3, -0.25) is 0 Å². The van der Waals surface area contributed by atoms with Crippen LogP contribution in [0.2, 0.25) is 0 Å². The molecule has 0 unspecified atom stereocenters. The summed E-state index contributed by atoms with van der Waals surface area (Å²) in [6.45, 7) is 4.46. The van der Waals surface area contributed by atoms with E-state index in [-0.39, 0.29) is 6.61 Å². The van der Waals surface area contributed by atoms with Gasteiger partial charge >= 0.3 is 0 Å². The summed E-state index contributed by atoms with van der Waals surface area (Å²) >= 11 is 0. The molecule has 21 heavy (non-hydrogen) atoms. The van der Waals surface area contributed by atoms with E-state index >= 15 is 0 Å². The van der Waals surface area contributed by atoms with Crippen LogP contribution in [0.1, 0.15) is 30.0 Å². The van der Waals surface area contributed by atoms with Gasteiger partial charge in [-0.15, -0.1) is 0 Å². The lowest BCUT2D eigenvalue weighted by Gasteiger charge is -2.10. The third kappa shape index (κ3) is 4.88. The summed E-state index contributed by atoms with van der Waals surface area (Å²) in [5.74, 6) is 0.923. The maximum atomic E-state index is 9.31. The second kappa shape index (κ2) is 8.45. The van der Waals surface area contributed by atoms with Crippen molar-refractivity contribution in [3.05, 3.63) is 65.2 Å². The normalized spacial score (nSPS) is 10.6. The van der Waals surface area contributed by atoms with Crippen molar-refractivity contribution in [1.82, 2.24) is 5.32 Å². The Morgan fingerprint density at radius 2 is 1.81 bits per heavy atom. The van der Waals surface area contributed by atoms with Gasteiger partial charge in [0.2, 0.25) is 0 Å². The Bertz CT molecular complexity index is 554. The Kier molecular flexibility index (Phi) is 6.25. The third-order valence-electron chi connectivity index (χ3n) is 3.30. The summed E-state index contributed by atoms with van der Waals surface area (Å²) in [7, 11) is 0. The molecular weight excluding hydrogens is 262 g/mol. The molecule has 2 N–H and O–H groups in total. The van der Waals surface area contributed by atoms with Crippen molar-refractivity contribution in [2.24, 2.45) is 0 Å². The highest BCUT2D eigenvalue weighted by Crippen LogP contribution is 2.14. The summed E-state index contributed by atoms with van der Waals surface area (Å²) in [5.41, 5.74) is 3.31. The molecule has 0 aliphatic carbocycles. The van der Waals surface area contributed by atoms with Crippen molar-refractivity contribution in [2.75, 3.05) is 6.61 Å². The van der Waals surface area contributed by atoms with E-state index < -0.39 is 0 Å². The van der Waals surface area contributed by atoms with Gasteiger partial charge in [0.15, 0.2) is 0 Å². The molecule has 0 atom stereocenters. The van der Waals surface area contributed by atoms with Crippen molar-refractivity contribution in [1.29, 1.82) is 0 Å². The van der Waals surface area contributed by atoms with Crippen LogP contribution in [0, 0.1) is 0 Å². The van der Waals surface area contributed by atoms with Crippen molar-refractivity contribution >= 4 is 0 Å². The van der Waals surface area contributed by atoms with Crippen LogP contribution >= 0.6 is 0 Å². The number of ether oxygens (including phenoxy) is 1. The summed E-state index contributed by atoms with van der Waals surface area (Å²) in [5, 5.41) is 12.7. The molecule has 3 nitrogen and oxygen atoms in total. The maximum absolute atomic E-state index is 9.31. The van der Waals surface area contributed by atoms with E-state index in [9.17, 15) is 5.11 Å². The second-order valence-electron chi connectivity index (χ2n) is 5.03. The largest absolute Gasteiger partial charge is 0.494 e. The van der Waals surface area contributed by atoms with Crippen LogP contribution in [0.15, 0.2) is 48.5 Å². The maximum Gasteiger partial charge on any atom is 0.119 e. The zero-order chi connectivity index (χ0) is 14.9. The topological polar surface area (TPSA) is 41.5 Å². The van der Waals surface area contributed by atoms with Crippen LogP contribution in [0.25, 0.3) is 0 Å². The lowest BCUT2D eigenvalue weighted by Crippen LogP contribution is -2.14. The molecule has 112 valence electrons. The van der Waals surface area contributed by atoms with Crippen LogP contribution in [0.4, 0.5) is 0 Å². The minimum atomic E-state index is 0.0815. The molecule has 0 bridgehead atoms. The molecular formula is C18H23NO2. The fourth-order valence-corrected chi connectivity index (χ4v) is 2.19. The second-order valence-corrected chi connectivity index (χ2v) is 5.03. The van der Waals surface area contributed by atoms with Gasteiger partial charge in [0.25, 0.3) is 0 Å². The van der Waals surface area contributed by atoms with E-state index in [2.05, 4.69) is 24.4 Å². The van der Waals surface area contributed by atoms with E-state index in [0.29, 0.717) is 0 Å². The van der Waals surface area contributed by atoms with Crippen molar-refractivity contribution in [3.8, 4) is 5.75 Å². The van der Waals surface area contributed by atoms with Crippen LogP contribution < -0.4 is 10.1 Å². The van der Waals surface area contributed by atoms with Gasteiger partial charge in [0.1, 0.15) is 5.75 Å². The Balaban J connectivity index is 1.88. The molecule has 0 heterocycles. The predicted molar refractivity (Wildman–Crippen MR) is 85.1 cm³/mol. The molecule has 0 aliphatic heterocycles. The quantitative estimate of drug-likeness (QED) is 0.782. The van der Waals surface area contributed by atoms with Crippen LogP contribution in [-0.2, 0) is 19.7 Å². The molecule has 3 heteroatoms. The van der Waals surface area contributed by atoms with Gasteiger partial charge in [0, 0.05) is 13.1 Å². The number of aliphatic hydroxyl groups excluding tert-OH is 1. The number of benzene rings is 2. The highest BCUT2D eigenvalue weighted by molar-refractivity contribution is 5.29. The van der Waals surface area contributed by atoms with Gasteiger partial charge < -0.3 is 15.2 Å². The third-order valence-corrected chi connectivity index (χ3v) is 3.30. The van der Waals surface area contributed by atoms with E-state index in [1.165, 1.54) is 5.56 Å². The SMILES string of the molecule is CCCOc1cccc(CNCc2ccccc2CO)c1. The van der Waals surface area contributed by atoms with Gasteiger partial charge in [-0.2, -0.15) is 0 Å². The molecule has 0 aliphatic rings. The number of rotatable bonds is 8. The highest BCUT2D eigenvalue weighted by atomic mass is 16.5. The van der Waals surface area contributed by atoms with Crippen LogP contribution in [0.5, 0.6) is 5.75 Å². The number of hydrogen-bond donors (Lipinski definition) is 2. The summed E-state index contributed by atoms with van der Waals surface area (Å²) < 4.78 is 5.64. The van der Waals surface area contributed by atoms with Gasteiger partial charge in [0.05, 0.1) is 13.2 Å². The van der Waals surface area contributed by atoms with E-state index in [1.807, 2.05) is 36.4 Å². The summed E-state index contributed by atoms with van der Waals surface area (Å²) in [4.78, 5) is 0. The minimum absolute atomic E-state index is 0.0815. The Morgan fingerprint density at radius 1 is 1.00 bits per heavy atom. The molecule has 0 fully saturated rings. The van der Waals surface area contributed by atoms with Gasteiger partial charge in [-0.1, -0.05) is 43.3 Å².